The molecule has 7 nitrogen and oxygen atoms in total. The molecule has 1 aliphatic carbocycles. The van der Waals surface area contributed by atoms with E-state index < -0.39 is 0 Å². The third-order valence-corrected chi connectivity index (χ3v) is 7.83. The molecule has 180 valence electrons. The van der Waals surface area contributed by atoms with E-state index in [4.69, 9.17) is 21.3 Å². The summed E-state index contributed by atoms with van der Waals surface area (Å²) in [6, 6.07) is 7.66. The standard InChI is InChI=1S/C26H32ClN5O2/c27-21-15-29-24(32-25(33)7-6-18-3-2-11-28-14-18)13-20(21)22-4-1-5-23(31-22)30-17-26-9-8-19(26)16-34-12-10-26/h1,4-7,13,15,18-19,28H,2-3,8-12,14,16-17H2,(H,30,31)(H,29,32,33). The molecule has 0 spiro atoms. The first-order valence-electron chi connectivity index (χ1n) is 12.3. The number of piperidine rings is 1. The Morgan fingerprint density at radius 3 is 3.03 bits per heavy atom. The van der Waals surface area contributed by atoms with Gasteiger partial charge in [0, 0.05) is 38.1 Å². The monoisotopic (exact) mass is 481 g/mol. The fourth-order valence-electron chi connectivity index (χ4n) is 5.26. The van der Waals surface area contributed by atoms with Crippen molar-refractivity contribution in [2.45, 2.75) is 32.1 Å². The lowest BCUT2D eigenvalue weighted by atomic mass is 9.57. The van der Waals surface area contributed by atoms with Crippen LogP contribution in [0.15, 0.2) is 42.6 Å². The van der Waals surface area contributed by atoms with E-state index in [1.807, 2.05) is 24.3 Å². The smallest absolute Gasteiger partial charge is 0.249 e. The zero-order valence-electron chi connectivity index (χ0n) is 19.4. The minimum atomic E-state index is -0.194. The van der Waals surface area contributed by atoms with E-state index in [9.17, 15) is 4.79 Å². The zero-order valence-corrected chi connectivity index (χ0v) is 20.1. The molecule has 3 N–H and O–H groups in total. The average molecular weight is 482 g/mol. The molecule has 8 heteroatoms. The maximum absolute atomic E-state index is 12.4. The molecule has 1 amide bonds. The molecule has 4 heterocycles. The van der Waals surface area contributed by atoms with Crippen molar-refractivity contribution in [3.8, 4) is 11.3 Å². The number of pyridine rings is 2. The molecule has 2 aromatic heterocycles. The zero-order chi connectivity index (χ0) is 23.4. The Bertz CT molecular complexity index is 1060. The van der Waals surface area contributed by atoms with E-state index in [-0.39, 0.29) is 5.91 Å². The number of hydrogen-bond acceptors (Lipinski definition) is 6. The van der Waals surface area contributed by atoms with Crippen LogP contribution in [0.4, 0.5) is 11.6 Å². The van der Waals surface area contributed by atoms with Gasteiger partial charge in [-0.15, -0.1) is 0 Å². The number of aromatic nitrogens is 2. The maximum atomic E-state index is 12.4. The quantitative estimate of drug-likeness (QED) is 0.504. The van der Waals surface area contributed by atoms with Crippen LogP contribution in [0.25, 0.3) is 11.3 Å². The third-order valence-electron chi connectivity index (χ3n) is 7.53. The summed E-state index contributed by atoms with van der Waals surface area (Å²) in [4.78, 5) is 21.5. The summed E-state index contributed by atoms with van der Waals surface area (Å²) in [6.07, 6.45) is 11.0. The predicted octanol–water partition coefficient (Wildman–Crippen LogP) is 4.52. The molecule has 3 aliphatic rings. The second-order valence-corrected chi connectivity index (χ2v) is 10.1. The molecule has 2 aromatic rings. The number of ether oxygens (including phenoxy) is 1. The molecule has 3 unspecified atom stereocenters. The molecule has 2 aliphatic heterocycles. The topological polar surface area (TPSA) is 88.2 Å². The third kappa shape index (κ3) is 5.27. The summed E-state index contributed by atoms with van der Waals surface area (Å²) in [5.74, 6) is 2.13. The molecule has 3 atom stereocenters. The highest BCUT2D eigenvalue weighted by Gasteiger charge is 2.48. The molecule has 1 saturated carbocycles. The van der Waals surface area contributed by atoms with Gasteiger partial charge in [0.2, 0.25) is 5.91 Å². The van der Waals surface area contributed by atoms with Crippen molar-refractivity contribution in [2.24, 2.45) is 17.3 Å². The van der Waals surface area contributed by atoms with Crippen molar-refractivity contribution in [1.82, 2.24) is 15.3 Å². The summed E-state index contributed by atoms with van der Waals surface area (Å²) < 4.78 is 5.65. The van der Waals surface area contributed by atoms with E-state index in [0.717, 1.165) is 69.2 Å². The Morgan fingerprint density at radius 2 is 2.24 bits per heavy atom. The van der Waals surface area contributed by atoms with Gasteiger partial charge >= 0.3 is 0 Å². The van der Waals surface area contributed by atoms with Crippen molar-refractivity contribution in [3.63, 3.8) is 0 Å². The maximum Gasteiger partial charge on any atom is 0.249 e. The van der Waals surface area contributed by atoms with E-state index in [0.29, 0.717) is 28.1 Å². The molecule has 34 heavy (non-hydrogen) atoms. The highest BCUT2D eigenvalue weighted by atomic mass is 35.5. The highest BCUT2D eigenvalue weighted by Crippen LogP contribution is 2.51. The second-order valence-electron chi connectivity index (χ2n) is 9.69. The van der Waals surface area contributed by atoms with E-state index in [2.05, 4.69) is 20.9 Å². The van der Waals surface area contributed by atoms with Crippen molar-refractivity contribution in [3.05, 3.63) is 47.6 Å². The van der Waals surface area contributed by atoms with Gasteiger partial charge in [-0.05, 0) is 80.2 Å². The lowest BCUT2D eigenvalue weighted by molar-refractivity contribution is -0.112. The Kier molecular flexibility index (Phi) is 7.13. The molecular formula is C26H32ClN5O2. The highest BCUT2D eigenvalue weighted by molar-refractivity contribution is 6.33. The summed E-state index contributed by atoms with van der Waals surface area (Å²) >= 11 is 6.46. The van der Waals surface area contributed by atoms with Gasteiger partial charge in [-0.3, -0.25) is 4.79 Å². The number of carbonyl (C=O) groups excluding carboxylic acids is 1. The van der Waals surface area contributed by atoms with Gasteiger partial charge in [0.05, 0.1) is 10.7 Å². The predicted molar refractivity (Wildman–Crippen MR) is 135 cm³/mol. The minimum absolute atomic E-state index is 0.194. The van der Waals surface area contributed by atoms with Gasteiger partial charge in [0.25, 0.3) is 0 Å². The first kappa shape index (κ1) is 23.3. The van der Waals surface area contributed by atoms with Crippen LogP contribution in [-0.4, -0.2) is 48.7 Å². The number of rotatable bonds is 7. The van der Waals surface area contributed by atoms with Crippen LogP contribution in [0, 0.1) is 17.3 Å². The SMILES string of the molecule is O=C(C=CC1CCCNC1)Nc1cc(-c2cccc(NCC34CCOCC3CC4)n2)c(Cl)cn1. The number of amides is 1. The van der Waals surface area contributed by atoms with Gasteiger partial charge in [0.15, 0.2) is 0 Å². The van der Waals surface area contributed by atoms with Crippen molar-refractivity contribution < 1.29 is 9.53 Å². The fraction of sp³-hybridized carbons (Fsp3) is 0.500. The van der Waals surface area contributed by atoms with Crippen molar-refractivity contribution >= 4 is 29.1 Å². The number of hydrogen-bond donors (Lipinski definition) is 3. The second kappa shape index (κ2) is 10.4. The molecule has 0 bridgehead atoms. The molecule has 5 rings (SSSR count). The van der Waals surface area contributed by atoms with Crippen LogP contribution in [-0.2, 0) is 9.53 Å². The lowest BCUT2D eigenvalue weighted by Gasteiger charge is -2.52. The number of halogens is 1. The number of nitrogens with one attached hydrogen (secondary N) is 3. The van der Waals surface area contributed by atoms with Crippen LogP contribution in [0.2, 0.25) is 5.02 Å². The summed E-state index contributed by atoms with van der Waals surface area (Å²) in [5, 5.41) is 10.2. The lowest BCUT2D eigenvalue weighted by Crippen LogP contribution is -2.51. The Labute approximate surface area is 205 Å². The molecule has 3 fully saturated rings. The summed E-state index contributed by atoms with van der Waals surface area (Å²) in [7, 11) is 0. The van der Waals surface area contributed by atoms with E-state index in [1.54, 1.807) is 18.3 Å². The van der Waals surface area contributed by atoms with Gasteiger partial charge in [-0.25, -0.2) is 9.97 Å². The summed E-state index contributed by atoms with van der Waals surface area (Å²) in [5.41, 5.74) is 1.82. The summed E-state index contributed by atoms with van der Waals surface area (Å²) in [6.45, 7) is 4.60. The van der Waals surface area contributed by atoms with Crippen LogP contribution in [0.5, 0.6) is 0 Å². The van der Waals surface area contributed by atoms with E-state index in [1.165, 1.54) is 12.8 Å². The van der Waals surface area contributed by atoms with Crippen LogP contribution >= 0.6 is 11.6 Å². The molecule has 0 radical (unpaired) electrons. The first-order chi connectivity index (χ1) is 16.6. The van der Waals surface area contributed by atoms with Gasteiger partial charge in [-0.2, -0.15) is 0 Å². The van der Waals surface area contributed by atoms with Gasteiger partial charge < -0.3 is 20.7 Å². The largest absolute Gasteiger partial charge is 0.381 e. The Hall–Kier alpha value is -2.48. The van der Waals surface area contributed by atoms with E-state index >= 15 is 0 Å². The number of carbonyl (C=O) groups is 1. The number of nitrogens with zero attached hydrogens (tertiary/aromatic N) is 2. The van der Waals surface area contributed by atoms with Crippen LogP contribution in [0.3, 0.4) is 0 Å². The average Bonchev–Trinajstić information content (AvgIpc) is 2.85. The van der Waals surface area contributed by atoms with Crippen molar-refractivity contribution in [2.75, 3.05) is 43.5 Å². The van der Waals surface area contributed by atoms with Crippen molar-refractivity contribution in [1.29, 1.82) is 0 Å². The number of anilines is 2. The molecule has 2 saturated heterocycles. The number of fused-ring (bicyclic) bond motifs is 1. The van der Waals surface area contributed by atoms with Gasteiger partial charge in [0.1, 0.15) is 11.6 Å². The molecular weight excluding hydrogens is 450 g/mol. The Morgan fingerprint density at radius 1 is 1.29 bits per heavy atom. The Balaban J connectivity index is 1.25. The minimum Gasteiger partial charge on any atom is -0.381 e. The van der Waals surface area contributed by atoms with Crippen LogP contribution in [0.1, 0.15) is 32.1 Å². The normalized spacial score (nSPS) is 26.5. The fourth-order valence-corrected chi connectivity index (χ4v) is 5.46. The van der Waals surface area contributed by atoms with Gasteiger partial charge in [-0.1, -0.05) is 23.7 Å². The van der Waals surface area contributed by atoms with Crippen LogP contribution < -0.4 is 16.0 Å². The first-order valence-corrected chi connectivity index (χ1v) is 12.6. The molecule has 0 aromatic carbocycles.